The molecule has 2 aliphatic rings. The monoisotopic (exact) mass is 393 g/mol. The minimum Gasteiger partial charge on any atom is -0.336 e. The van der Waals surface area contributed by atoms with Crippen LogP contribution in [0.3, 0.4) is 0 Å². The predicted molar refractivity (Wildman–Crippen MR) is 105 cm³/mol. The zero-order chi connectivity index (χ0) is 20.3. The summed E-state index contributed by atoms with van der Waals surface area (Å²) < 4.78 is 3.23. The van der Waals surface area contributed by atoms with E-state index in [1.807, 2.05) is 36.2 Å². The van der Waals surface area contributed by atoms with Crippen molar-refractivity contribution in [1.29, 1.82) is 0 Å². The molecular weight excluding hydrogens is 374 g/mol. The van der Waals surface area contributed by atoms with Crippen LogP contribution in [0.25, 0.3) is 10.9 Å². The molecular formula is C20H19N5O4. The molecule has 0 aliphatic carbocycles. The second-order valence-electron chi connectivity index (χ2n) is 7.81. The van der Waals surface area contributed by atoms with E-state index in [9.17, 15) is 19.7 Å². The molecule has 2 atom stereocenters. The zero-order valence-electron chi connectivity index (χ0n) is 15.8. The van der Waals surface area contributed by atoms with Gasteiger partial charge in [0.2, 0.25) is 0 Å². The third-order valence-electron chi connectivity index (χ3n) is 6.03. The summed E-state index contributed by atoms with van der Waals surface area (Å²) in [5.74, 6) is -0.0518. The highest BCUT2D eigenvalue weighted by molar-refractivity contribution is 6.04. The van der Waals surface area contributed by atoms with Crippen molar-refractivity contribution in [3.05, 3.63) is 68.3 Å². The Hall–Kier alpha value is -3.49. The van der Waals surface area contributed by atoms with Gasteiger partial charge in [0.1, 0.15) is 0 Å². The van der Waals surface area contributed by atoms with E-state index in [1.165, 1.54) is 10.6 Å². The highest BCUT2D eigenvalue weighted by atomic mass is 16.6. The Morgan fingerprint density at radius 3 is 2.76 bits per heavy atom. The minimum absolute atomic E-state index is 0.0186. The maximum atomic E-state index is 13.3. The molecule has 0 spiro atoms. The maximum absolute atomic E-state index is 13.3. The summed E-state index contributed by atoms with van der Waals surface area (Å²) in [6.07, 6.45) is 0.865. The third kappa shape index (κ3) is 2.65. The Balaban J connectivity index is 1.49. The van der Waals surface area contributed by atoms with Crippen LogP contribution in [-0.4, -0.2) is 43.2 Å². The SMILES string of the molecule is Cn1nc(C(=O)N2CC3C[C@@H](C2)Cn2c3ccc([N+](=O)[O-])c2=O)c2ccccc21. The standard InChI is InChI=1S/C20H19N5O4/c1-22-16-5-3-2-4-14(16)18(21-22)20(27)23-9-12-8-13(11-23)15-6-7-17(25(28)29)19(26)24(15)10-12/h2-7,12-13H,8-11H2,1H3/t12-,13?/m0/s1. The number of aryl methyl sites for hydroxylation is 1. The molecule has 0 radical (unpaired) electrons. The quantitative estimate of drug-likeness (QED) is 0.489. The molecule has 9 heteroatoms. The number of fused-ring (bicyclic) bond motifs is 5. The number of nitrogens with zero attached hydrogens (tertiary/aromatic N) is 5. The number of carbonyl (C=O) groups excluding carboxylic acids is 1. The van der Waals surface area contributed by atoms with Gasteiger partial charge in [-0.3, -0.25) is 24.4 Å². The molecule has 2 bridgehead atoms. The lowest BCUT2D eigenvalue weighted by molar-refractivity contribution is -0.386. The van der Waals surface area contributed by atoms with Crippen LogP contribution >= 0.6 is 0 Å². The van der Waals surface area contributed by atoms with E-state index in [0.29, 0.717) is 25.3 Å². The van der Waals surface area contributed by atoms with E-state index < -0.39 is 16.2 Å². The number of amides is 1. The molecule has 29 heavy (non-hydrogen) atoms. The first-order valence-corrected chi connectivity index (χ1v) is 9.53. The molecule has 1 unspecified atom stereocenters. The fourth-order valence-electron chi connectivity index (χ4n) is 4.76. The maximum Gasteiger partial charge on any atom is 0.334 e. The number of piperidine rings is 1. The van der Waals surface area contributed by atoms with Gasteiger partial charge in [-0.15, -0.1) is 0 Å². The fourth-order valence-corrected chi connectivity index (χ4v) is 4.76. The van der Waals surface area contributed by atoms with Gasteiger partial charge in [0.05, 0.1) is 10.4 Å². The number of hydrogen-bond acceptors (Lipinski definition) is 5. The fraction of sp³-hybridized carbons (Fsp3) is 0.350. The summed E-state index contributed by atoms with van der Waals surface area (Å²) in [4.78, 5) is 38.0. The number of likely N-dealkylation sites (tertiary alicyclic amines) is 1. The van der Waals surface area contributed by atoms with Crippen LogP contribution in [0.5, 0.6) is 0 Å². The molecule has 1 fully saturated rings. The first-order chi connectivity index (χ1) is 13.9. The molecule has 4 heterocycles. The lowest BCUT2D eigenvalue weighted by Gasteiger charge is -2.42. The number of nitro groups is 1. The summed E-state index contributed by atoms with van der Waals surface area (Å²) in [6, 6.07) is 10.6. The van der Waals surface area contributed by atoms with Crippen LogP contribution in [0.1, 0.15) is 28.5 Å². The Morgan fingerprint density at radius 2 is 1.97 bits per heavy atom. The number of benzene rings is 1. The minimum atomic E-state index is -0.637. The van der Waals surface area contributed by atoms with E-state index in [0.717, 1.165) is 23.0 Å². The van der Waals surface area contributed by atoms with Crippen molar-refractivity contribution in [2.75, 3.05) is 13.1 Å². The van der Waals surface area contributed by atoms with Crippen LogP contribution in [0, 0.1) is 16.0 Å². The second-order valence-corrected chi connectivity index (χ2v) is 7.81. The van der Waals surface area contributed by atoms with Gasteiger partial charge >= 0.3 is 11.2 Å². The van der Waals surface area contributed by atoms with Gasteiger partial charge < -0.3 is 9.47 Å². The van der Waals surface area contributed by atoms with Crippen molar-refractivity contribution in [3.63, 3.8) is 0 Å². The van der Waals surface area contributed by atoms with Crippen LogP contribution in [0.15, 0.2) is 41.2 Å². The summed E-state index contributed by atoms with van der Waals surface area (Å²) in [5, 5.41) is 16.4. The van der Waals surface area contributed by atoms with Crippen LogP contribution in [-0.2, 0) is 13.6 Å². The highest BCUT2D eigenvalue weighted by Crippen LogP contribution is 2.36. The molecule has 2 aromatic heterocycles. The van der Waals surface area contributed by atoms with Gasteiger partial charge in [-0.1, -0.05) is 18.2 Å². The first kappa shape index (κ1) is 17.6. The lowest BCUT2D eigenvalue weighted by Crippen LogP contribution is -2.49. The third-order valence-corrected chi connectivity index (χ3v) is 6.03. The van der Waals surface area contributed by atoms with Crippen LogP contribution in [0.2, 0.25) is 0 Å². The molecule has 1 saturated heterocycles. The average molecular weight is 393 g/mol. The molecule has 2 aliphatic heterocycles. The smallest absolute Gasteiger partial charge is 0.334 e. The van der Waals surface area contributed by atoms with Crippen molar-refractivity contribution in [2.45, 2.75) is 18.9 Å². The largest absolute Gasteiger partial charge is 0.336 e. The van der Waals surface area contributed by atoms with Crippen molar-refractivity contribution in [1.82, 2.24) is 19.2 Å². The van der Waals surface area contributed by atoms with Crippen LogP contribution in [0.4, 0.5) is 5.69 Å². The second kappa shape index (κ2) is 6.26. The number of pyridine rings is 1. The van der Waals surface area contributed by atoms with E-state index in [-0.39, 0.29) is 17.7 Å². The zero-order valence-corrected chi connectivity index (χ0v) is 15.8. The highest BCUT2D eigenvalue weighted by Gasteiger charge is 2.38. The number of para-hydroxylation sites is 1. The Kier molecular flexibility index (Phi) is 3.80. The number of aromatic nitrogens is 3. The molecule has 1 aromatic carbocycles. The molecule has 9 nitrogen and oxygen atoms in total. The Morgan fingerprint density at radius 1 is 1.17 bits per heavy atom. The number of rotatable bonds is 2. The van der Waals surface area contributed by atoms with Crippen molar-refractivity contribution >= 4 is 22.5 Å². The molecule has 0 saturated carbocycles. The van der Waals surface area contributed by atoms with E-state index in [4.69, 9.17) is 0 Å². The number of hydrogen-bond donors (Lipinski definition) is 0. The summed E-state index contributed by atoms with van der Waals surface area (Å²) in [7, 11) is 1.82. The van der Waals surface area contributed by atoms with Gasteiger partial charge in [0.15, 0.2) is 5.69 Å². The topological polar surface area (TPSA) is 103 Å². The molecule has 1 amide bonds. The van der Waals surface area contributed by atoms with Crippen molar-refractivity contribution in [2.24, 2.45) is 13.0 Å². The van der Waals surface area contributed by atoms with Gasteiger partial charge in [-0.25, -0.2) is 0 Å². The van der Waals surface area contributed by atoms with Crippen molar-refractivity contribution in [3.8, 4) is 0 Å². The Labute approximate surface area is 165 Å². The van der Waals surface area contributed by atoms with E-state index in [1.54, 1.807) is 10.7 Å². The summed E-state index contributed by atoms with van der Waals surface area (Å²) >= 11 is 0. The van der Waals surface area contributed by atoms with E-state index >= 15 is 0 Å². The van der Waals surface area contributed by atoms with E-state index in [2.05, 4.69) is 5.10 Å². The van der Waals surface area contributed by atoms with Crippen LogP contribution < -0.4 is 5.56 Å². The number of carbonyl (C=O) groups is 1. The Bertz CT molecular complexity index is 1230. The van der Waals surface area contributed by atoms with Gasteiger partial charge in [-0.05, 0) is 24.5 Å². The van der Waals surface area contributed by atoms with Crippen molar-refractivity contribution < 1.29 is 9.72 Å². The molecule has 148 valence electrons. The normalized spacial score (nSPS) is 20.5. The van der Waals surface area contributed by atoms with Gasteiger partial charge in [0.25, 0.3) is 5.91 Å². The first-order valence-electron chi connectivity index (χ1n) is 9.53. The summed E-state index contributed by atoms with van der Waals surface area (Å²) in [5.41, 5.74) is 1.14. The summed E-state index contributed by atoms with van der Waals surface area (Å²) in [6.45, 7) is 1.37. The average Bonchev–Trinajstić information content (AvgIpc) is 3.05. The predicted octanol–water partition coefficient (Wildman–Crippen LogP) is 1.90. The molecule has 3 aromatic rings. The van der Waals surface area contributed by atoms with Gasteiger partial charge in [-0.2, -0.15) is 5.10 Å². The molecule has 0 N–H and O–H groups in total. The molecule has 5 rings (SSSR count). The van der Waals surface area contributed by atoms with Gasteiger partial charge in [0, 0.05) is 49.7 Å². The lowest BCUT2D eigenvalue weighted by atomic mass is 9.83.